The van der Waals surface area contributed by atoms with Gasteiger partial charge in [-0.15, -0.1) is 0 Å². The second kappa shape index (κ2) is 3.98. The highest BCUT2D eigenvalue weighted by molar-refractivity contribution is 5.62. The first-order valence-corrected chi connectivity index (χ1v) is 5.05. The molecule has 0 radical (unpaired) electrons. The lowest BCUT2D eigenvalue weighted by Gasteiger charge is -2.32. The van der Waals surface area contributed by atoms with Gasteiger partial charge in [-0.3, -0.25) is 0 Å². The predicted octanol–water partition coefficient (Wildman–Crippen LogP) is 0.972. The molecule has 0 saturated heterocycles. The van der Waals surface area contributed by atoms with Crippen LogP contribution in [0.5, 0.6) is 11.5 Å². The average Bonchev–Trinajstić information content (AvgIpc) is 2.18. The van der Waals surface area contributed by atoms with Crippen LogP contribution in [-0.2, 0) is 0 Å². The fraction of sp³-hybridized carbons (Fsp3) is 0.455. The Bertz CT molecular complexity index is 352. The van der Waals surface area contributed by atoms with Crippen molar-refractivity contribution in [1.29, 1.82) is 0 Å². The molecule has 4 nitrogen and oxygen atoms in total. The number of fused-ring (bicyclic) bond motifs is 1. The zero-order valence-corrected chi connectivity index (χ0v) is 8.68. The Morgan fingerprint density at radius 1 is 1.53 bits per heavy atom. The molecular weight excluding hydrogens is 194 g/mol. The first-order chi connectivity index (χ1) is 7.16. The number of benzene rings is 1. The number of nitrogens with zero attached hydrogens (tertiary/aromatic N) is 1. The summed E-state index contributed by atoms with van der Waals surface area (Å²) >= 11 is 0. The van der Waals surface area contributed by atoms with Crippen LogP contribution >= 0.6 is 0 Å². The van der Waals surface area contributed by atoms with Crippen LogP contribution < -0.4 is 9.64 Å². The van der Waals surface area contributed by atoms with Gasteiger partial charge >= 0.3 is 0 Å². The number of anilines is 1. The third-order valence-corrected chi connectivity index (χ3v) is 2.39. The number of rotatable bonds is 2. The topological polar surface area (TPSA) is 52.9 Å². The molecule has 2 rings (SSSR count). The molecule has 15 heavy (non-hydrogen) atoms. The Balaban J connectivity index is 2.28. The van der Waals surface area contributed by atoms with Crippen LogP contribution in [0.25, 0.3) is 0 Å². The summed E-state index contributed by atoms with van der Waals surface area (Å²) in [7, 11) is 0. The van der Waals surface area contributed by atoms with Gasteiger partial charge in [-0.05, 0) is 19.1 Å². The highest BCUT2D eigenvalue weighted by atomic mass is 16.5. The number of phenolic OH excluding ortho intramolecular Hbond substituents is 1. The van der Waals surface area contributed by atoms with E-state index in [-0.39, 0.29) is 5.75 Å². The van der Waals surface area contributed by atoms with E-state index in [0.29, 0.717) is 13.2 Å². The molecule has 1 heterocycles. The van der Waals surface area contributed by atoms with Gasteiger partial charge in [0.2, 0.25) is 0 Å². The smallest absolute Gasteiger partial charge is 0.142 e. The van der Waals surface area contributed by atoms with Crippen molar-refractivity contribution in [1.82, 2.24) is 0 Å². The summed E-state index contributed by atoms with van der Waals surface area (Å²) in [5.41, 5.74) is 0.849. The maximum atomic E-state index is 9.40. The number of phenols is 1. The van der Waals surface area contributed by atoms with E-state index in [1.807, 2.05) is 4.90 Å². The van der Waals surface area contributed by atoms with Crippen LogP contribution in [0.4, 0.5) is 5.69 Å². The van der Waals surface area contributed by atoms with E-state index >= 15 is 0 Å². The third-order valence-electron chi connectivity index (χ3n) is 2.39. The van der Waals surface area contributed by atoms with Crippen molar-refractivity contribution in [2.24, 2.45) is 0 Å². The molecule has 0 bridgehead atoms. The molecule has 0 spiro atoms. The molecule has 1 atom stereocenters. The standard InChI is InChI=1S/C11H15NO3/c1-8(13)7-12-4-5-15-11-3-2-9(14)6-10(11)12/h2-3,6,8,13-14H,4-5,7H2,1H3. The fourth-order valence-corrected chi connectivity index (χ4v) is 1.77. The molecule has 0 amide bonds. The van der Waals surface area contributed by atoms with Crippen molar-refractivity contribution in [2.45, 2.75) is 13.0 Å². The molecule has 0 fully saturated rings. The van der Waals surface area contributed by atoms with Gasteiger partial charge < -0.3 is 19.8 Å². The largest absolute Gasteiger partial charge is 0.508 e. The minimum absolute atomic E-state index is 0.217. The summed E-state index contributed by atoms with van der Waals surface area (Å²) in [5, 5.41) is 18.7. The quantitative estimate of drug-likeness (QED) is 0.762. The van der Waals surface area contributed by atoms with Crippen molar-refractivity contribution >= 4 is 5.69 Å². The van der Waals surface area contributed by atoms with Crippen LogP contribution in [0.1, 0.15) is 6.92 Å². The zero-order chi connectivity index (χ0) is 10.8. The summed E-state index contributed by atoms with van der Waals surface area (Å²) in [6, 6.07) is 5.01. The molecule has 1 unspecified atom stereocenters. The molecule has 1 aliphatic heterocycles. The van der Waals surface area contributed by atoms with Gasteiger partial charge in [0.15, 0.2) is 0 Å². The van der Waals surface area contributed by atoms with E-state index in [2.05, 4.69) is 0 Å². The van der Waals surface area contributed by atoms with Crippen LogP contribution in [0.15, 0.2) is 18.2 Å². The molecule has 1 aliphatic rings. The van der Waals surface area contributed by atoms with Crippen molar-refractivity contribution in [3.05, 3.63) is 18.2 Å². The molecule has 2 N–H and O–H groups in total. The second-order valence-corrected chi connectivity index (χ2v) is 3.80. The summed E-state index contributed by atoms with van der Waals surface area (Å²) in [4.78, 5) is 2.02. The number of aliphatic hydroxyl groups is 1. The van der Waals surface area contributed by atoms with Crippen LogP contribution in [0.3, 0.4) is 0 Å². The summed E-state index contributed by atoms with van der Waals surface area (Å²) in [6.45, 7) is 3.66. The SMILES string of the molecule is CC(O)CN1CCOc2ccc(O)cc21. The predicted molar refractivity (Wildman–Crippen MR) is 57.5 cm³/mol. The van der Waals surface area contributed by atoms with E-state index in [4.69, 9.17) is 4.74 Å². The third kappa shape index (κ3) is 2.15. The molecule has 0 aliphatic carbocycles. The maximum absolute atomic E-state index is 9.40. The Morgan fingerprint density at radius 2 is 2.33 bits per heavy atom. The van der Waals surface area contributed by atoms with E-state index < -0.39 is 6.10 Å². The first kappa shape index (κ1) is 10.1. The lowest BCUT2D eigenvalue weighted by molar-refractivity contribution is 0.194. The van der Waals surface area contributed by atoms with E-state index in [9.17, 15) is 10.2 Å². The van der Waals surface area contributed by atoms with Crippen molar-refractivity contribution in [2.75, 3.05) is 24.6 Å². The van der Waals surface area contributed by atoms with Gasteiger partial charge in [0.25, 0.3) is 0 Å². The molecule has 1 aromatic carbocycles. The Hall–Kier alpha value is -1.42. The van der Waals surface area contributed by atoms with E-state index in [0.717, 1.165) is 18.0 Å². The number of aliphatic hydroxyl groups excluding tert-OH is 1. The van der Waals surface area contributed by atoms with Crippen molar-refractivity contribution in [3.63, 3.8) is 0 Å². The fourth-order valence-electron chi connectivity index (χ4n) is 1.77. The van der Waals surface area contributed by atoms with Gasteiger partial charge in [0.05, 0.1) is 18.3 Å². The number of hydrogen-bond acceptors (Lipinski definition) is 4. The van der Waals surface area contributed by atoms with Crippen LogP contribution in [0, 0.1) is 0 Å². The van der Waals surface area contributed by atoms with Crippen LogP contribution in [0.2, 0.25) is 0 Å². The lowest BCUT2D eigenvalue weighted by Crippen LogP contribution is -2.37. The molecule has 82 valence electrons. The van der Waals surface area contributed by atoms with Gasteiger partial charge in [-0.1, -0.05) is 0 Å². The average molecular weight is 209 g/mol. The monoisotopic (exact) mass is 209 g/mol. The highest BCUT2D eigenvalue weighted by Crippen LogP contribution is 2.34. The van der Waals surface area contributed by atoms with Gasteiger partial charge in [0, 0.05) is 12.6 Å². The molecule has 0 aromatic heterocycles. The molecule has 0 saturated carbocycles. The molecule has 1 aromatic rings. The van der Waals surface area contributed by atoms with Crippen molar-refractivity contribution in [3.8, 4) is 11.5 Å². The van der Waals surface area contributed by atoms with Crippen LogP contribution in [-0.4, -0.2) is 36.0 Å². The highest BCUT2D eigenvalue weighted by Gasteiger charge is 2.19. The maximum Gasteiger partial charge on any atom is 0.142 e. The number of hydrogen-bond donors (Lipinski definition) is 2. The normalized spacial score (nSPS) is 16.8. The number of ether oxygens (including phenoxy) is 1. The van der Waals surface area contributed by atoms with E-state index in [1.54, 1.807) is 25.1 Å². The van der Waals surface area contributed by atoms with Gasteiger partial charge in [-0.25, -0.2) is 0 Å². The van der Waals surface area contributed by atoms with Gasteiger partial charge in [-0.2, -0.15) is 0 Å². The van der Waals surface area contributed by atoms with E-state index in [1.165, 1.54) is 0 Å². The first-order valence-electron chi connectivity index (χ1n) is 5.05. The number of aromatic hydroxyl groups is 1. The minimum Gasteiger partial charge on any atom is -0.508 e. The summed E-state index contributed by atoms with van der Waals surface area (Å²) in [6.07, 6.45) is -0.390. The Morgan fingerprint density at radius 3 is 3.07 bits per heavy atom. The summed E-state index contributed by atoms with van der Waals surface area (Å²) < 4.78 is 5.46. The zero-order valence-electron chi connectivity index (χ0n) is 8.68. The number of β-amino-alcohol motifs (C(OH)–C–C–N with tert-alkyl or cyclic N) is 1. The molecular formula is C11H15NO3. The second-order valence-electron chi connectivity index (χ2n) is 3.80. The summed E-state index contributed by atoms with van der Waals surface area (Å²) in [5.74, 6) is 0.981. The lowest BCUT2D eigenvalue weighted by atomic mass is 10.2. The molecule has 4 heteroatoms. The minimum atomic E-state index is -0.390. The Kier molecular flexibility index (Phi) is 2.68. The van der Waals surface area contributed by atoms with Crippen molar-refractivity contribution < 1.29 is 14.9 Å². The van der Waals surface area contributed by atoms with Gasteiger partial charge in [0.1, 0.15) is 18.1 Å². The Labute approximate surface area is 88.7 Å².